The van der Waals surface area contributed by atoms with Crippen LogP contribution in [0.5, 0.6) is 11.5 Å². The third kappa shape index (κ3) is 3.28. The van der Waals surface area contributed by atoms with Crippen LogP contribution < -0.4 is 9.47 Å². The fraction of sp³-hybridized carbons (Fsp3) is 0.176. The number of hydrogen-bond donors (Lipinski definition) is 0. The number of hydrogen-bond acceptors (Lipinski definition) is 5. The lowest BCUT2D eigenvalue weighted by molar-refractivity contribution is -0.137. The number of para-hydroxylation sites is 1. The molecule has 0 atom stereocenters. The topological polar surface area (TPSA) is 57.4 Å². The first-order chi connectivity index (χ1) is 11.9. The van der Waals surface area contributed by atoms with Crippen molar-refractivity contribution in [1.29, 1.82) is 0 Å². The third-order valence-corrected chi connectivity index (χ3v) is 3.50. The molecule has 0 saturated heterocycles. The van der Waals surface area contributed by atoms with E-state index in [2.05, 4.69) is 10.2 Å². The minimum absolute atomic E-state index is 0.0222. The van der Waals surface area contributed by atoms with E-state index in [0.29, 0.717) is 17.1 Å². The Kier molecular flexibility index (Phi) is 4.35. The highest BCUT2D eigenvalue weighted by atomic mass is 19.4. The molecule has 8 heteroatoms. The van der Waals surface area contributed by atoms with Crippen LogP contribution in [0.25, 0.3) is 22.9 Å². The second kappa shape index (κ2) is 6.46. The van der Waals surface area contributed by atoms with Crippen LogP contribution in [-0.2, 0) is 6.18 Å². The minimum atomic E-state index is -4.45. The van der Waals surface area contributed by atoms with E-state index in [0.717, 1.165) is 12.1 Å². The van der Waals surface area contributed by atoms with Gasteiger partial charge in [0.2, 0.25) is 5.89 Å². The zero-order valence-corrected chi connectivity index (χ0v) is 13.3. The van der Waals surface area contributed by atoms with Crippen LogP contribution in [0.15, 0.2) is 46.9 Å². The van der Waals surface area contributed by atoms with Crippen molar-refractivity contribution in [3.05, 3.63) is 48.0 Å². The Bertz CT molecular complexity index is 891. The normalized spacial score (nSPS) is 11.4. The number of methoxy groups -OCH3 is 2. The summed E-state index contributed by atoms with van der Waals surface area (Å²) in [5.74, 6) is 0.956. The van der Waals surface area contributed by atoms with Crippen molar-refractivity contribution in [2.75, 3.05) is 14.2 Å². The van der Waals surface area contributed by atoms with Crippen LogP contribution in [-0.4, -0.2) is 24.4 Å². The van der Waals surface area contributed by atoms with Crippen LogP contribution in [0.1, 0.15) is 5.56 Å². The van der Waals surface area contributed by atoms with Crippen LogP contribution in [0.4, 0.5) is 13.2 Å². The second-order valence-electron chi connectivity index (χ2n) is 5.03. The van der Waals surface area contributed by atoms with Gasteiger partial charge in [-0.2, -0.15) is 13.2 Å². The Hall–Kier alpha value is -3.03. The molecular formula is C17H13F3N2O3. The van der Waals surface area contributed by atoms with Gasteiger partial charge >= 0.3 is 6.18 Å². The van der Waals surface area contributed by atoms with Crippen molar-refractivity contribution in [2.24, 2.45) is 0 Å². The first kappa shape index (κ1) is 16.8. The number of rotatable bonds is 4. The van der Waals surface area contributed by atoms with Gasteiger partial charge in [-0.05, 0) is 30.3 Å². The molecule has 0 amide bonds. The molecule has 3 rings (SSSR count). The lowest BCUT2D eigenvalue weighted by Gasteiger charge is -2.09. The van der Waals surface area contributed by atoms with Gasteiger partial charge < -0.3 is 13.9 Å². The number of halogens is 3. The number of ether oxygens (including phenoxy) is 2. The van der Waals surface area contributed by atoms with Crippen molar-refractivity contribution in [2.45, 2.75) is 6.18 Å². The summed E-state index contributed by atoms with van der Waals surface area (Å²) >= 11 is 0. The summed E-state index contributed by atoms with van der Waals surface area (Å²) in [5.41, 5.74) is -0.133. The predicted molar refractivity (Wildman–Crippen MR) is 83.3 cm³/mol. The summed E-state index contributed by atoms with van der Waals surface area (Å²) < 4.78 is 54.6. The van der Waals surface area contributed by atoms with Crippen molar-refractivity contribution < 1.29 is 27.1 Å². The molecule has 0 bridgehead atoms. The summed E-state index contributed by atoms with van der Waals surface area (Å²) in [6.07, 6.45) is -4.45. The summed E-state index contributed by atoms with van der Waals surface area (Å²) in [5, 5.41) is 7.74. The van der Waals surface area contributed by atoms with E-state index in [4.69, 9.17) is 13.9 Å². The monoisotopic (exact) mass is 350 g/mol. The predicted octanol–water partition coefficient (Wildman–Crippen LogP) is 4.44. The van der Waals surface area contributed by atoms with Crippen LogP contribution in [0.3, 0.4) is 0 Å². The smallest absolute Gasteiger partial charge is 0.416 e. The van der Waals surface area contributed by atoms with Gasteiger partial charge in [-0.25, -0.2) is 0 Å². The van der Waals surface area contributed by atoms with Gasteiger partial charge in [0.1, 0.15) is 0 Å². The Morgan fingerprint density at radius 3 is 2.32 bits per heavy atom. The number of aromatic nitrogens is 2. The molecule has 5 nitrogen and oxygen atoms in total. The molecular weight excluding hydrogens is 337 g/mol. The SMILES string of the molecule is COc1cccc(-c2nnc(-c3cccc(C(F)(F)F)c3)o2)c1OC. The molecule has 1 heterocycles. The molecule has 0 unspecified atom stereocenters. The van der Waals surface area contributed by atoms with Crippen LogP contribution >= 0.6 is 0 Å². The molecule has 0 aliphatic carbocycles. The largest absolute Gasteiger partial charge is 0.493 e. The molecule has 0 spiro atoms. The maximum absolute atomic E-state index is 12.8. The van der Waals surface area contributed by atoms with Gasteiger partial charge in [0, 0.05) is 5.56 Å². The maximum atomic E-state index is 12.8. The Morgan fingerprint density at radius 2 is 1.64 bits per heavy atom. The quantitative estimate of drug-likeness (QED) is 0.696. The van der Waals surface area contributed by atoms with Gasteiger partial charge in [0.05, 0.1) is 25.3 Å². The summed E-state index contributed by atoms with van der Waals surface area (Å²) in [4.78, 5) is 0. The van der Waals surface area contributed by atoms with Crippen molar-refractivity contribution >= 4 is 0 Å². The number of alkyl halides is 3. The van der Waals surface area contributed by atoms with Crippen molar-refractivity contribution in [3.63, 3.8) is 0 Å². The van der Waals surface area contributed by atoms with E-state index in [1.807, 2.05) is 0 Å². The minimum Gasteiger partial charge on any atom is -0.493 e. The highest BCUT2D eigenvalue weighted by Crippen LogP contribution is 2.38. The molecule has 0 radical (unpaired) electrons. The molecule has 0 fully saturated rings. The zero-order valence-electron chi connectivity index (χ0n) is 13.3. The average molecular weight is 350 g/mol. The van der Waals surface area contributed by atoms with Crippen LogP contribution in [0.2, 0.25) is 0 Å². The molecule has 0 aliphatic rings. The first-order valence-electron chi connectivity index (χ1n) is 7.16. The molecule has 1 aromatic heterocycles. The molecule has 3 aromatic rings. The zero-order chi connectivity index (χ0) is 18.0. The van der Waals surface area contributed by atoms with Crippen molar-refractivity contribution in [3.8, 4) is 34.4 Å². The van der Waals surface area contributed by atoms with Gasteiger partial charge in [-0.3, -0.25) is 0 Å². The second-order valence-corrected chi connectivity index (χ2v) is 5.03. The Balaban J connectivity index is 2.02. The van der Waals surface area contributed by atoms with E-state index in [-0.39, 0.29) is 17.3 Å². The van der Waals surface area contributed by atoms with Crippen molar-refractivity contribution in [1.82, 2.24) is 10.2 Å². The lowest BCUT2D eigenvalue weighted by Crippen LogP contribution is -2.04. The van der Waals surface area contributed by atoms with E-state index in [1.54, 1.807) is 18.2 Å². The van der Waals surface area contributed by atoms with E-state index >= 15 is 0 Å². The third-order valence-electron chi connectivity index (χ3n) is 3.50. The number of benzene rings is 2. The molecule has 0 saturated carbocycles. The first-order valence-corrected chi connectivity index (χ1v) is 7.16. The van der Waals surface area contributed by atoms with Gasteiger partial charge in [0.15, 0.2) is 11.5 Å². The molecule has 0 N–H and O–H groups in total. The maximum Gasteiger partial charge on any atom is 0.416 e. The van der Waals surface area contributed by atoms with E-state index < -0.39 is 11.7 Å². The standard InChI is InChI=1S/C17H13F3N2O3/c1-23-13-8-4-7-12(14(13)24-2)16-22-21-15(25-16)10-5-3-6-11(9-10)17(18,19)20/h3-9H,1-2H3. The van der Waals surface area contributed by atoms with E-state index in [9.17, 15) is 13.2 Å². The summed E-state index contributed by atoms with van der Waals surface area (Å²) in [6, 6.07) is 9.79. The Labute approximate surface area is 141 Å². The summed E-state index contributed by atoms with van der Waals surface area (Å²) in [7, 11) is 2.95. The van der Waals surface area contributed by atoms with Gasteiger partial charge in [-0.1, -0.05) is 12.1 Å². The summed E-state index contributed by atoms with van der Waals surface area (Å²) in [6.45, 7) is 0. The van der Waals surface area contributed by atoms with Gasteiger partial charge in [-0.15, -0.1) is 10.2 Å². The fourth-order valence-electron chi connectivity index (χ4n) is 2.33. The molecule has 25 heavy (non-hydrogen) atoms. The van der Waals surface area contributed by atoms with Gasteiger partial charge in [0.25, 0.3) is 5.89 Å². The lowest BCUT2D eigenvalue weighted by atomic mass is 10.1. The van der Waals surface area contributed by atoms with Crippen LogP contribution in [0, 0.1) is 0 Å². The molecule has 2 aromatic carbocycles. The molecule has 130 valence electrons. The number of nitrogens with zero attached hydrogens (tertiary/aromatic N) is 2. The van der Waals surface area contributed by atoms with E-state index in [1.165, 1.54) is 26.4 Å². The fourth-order valence-corrected chi connectivity index (χ4v) is 2.33. The molecule has 0 aliphatic heterocycles. The Morgan fingerprint density at radius 1 is 0.920 bits per heavy atom. The highest BCUT2D eigenvalue weighted by Gasteiger charge is 2.31. The highest BCUT2D eigenvalue weighted by molar-refractivity contribution is 5.68. The average Bonchev–Trinajstić information content (AvgIpc) is 3.10.